The smallest absolute Gasteiger partial charge is 0.167 e. The summed E-state index contributed by atoms with van der Waals surface area (Å²) in [6, 6.07) is 0. The standard InChI is InChI=1S/C6H11NO/c1-6(2)4-3-5-7(6)8/h5H,3-4H2,1-2H3/i5+2. The van der Waals surface area contributed by atoms with Crippen molar-refractivity contribution in [2.24, 2.45) is 0 Å². The molecule has 0 aromatic carbocycles. The lowest BCUT2D eigenvalue weighted by Crippen LogP contribution is -2.27. The van der Waals surface area contributed by atoms with E-state index in [0.29, 0.717) is 0 Å². The Labute approximate surface area is 49.4 Å². The highest BCUT2D eigenvalue weighted by Gasteiger charge is 2.29. The van der Waals surface area contributed by atoms with Crippen LogP contribution in [0.5, 0.6) is 0 Å². The van der Waals surface area contributed by atoms with Crippen LogP contribution in [0.15, 0.2) is 0 Å². The first-order valence-electron chi connectivity index (χ1n) is 2.93. The number of rotatable bonds is 0. The van der Waals surface area contributed by atoms with Crippen molar-refractivity contribution < 1.29 is 4.74 Å². The minimum absolute atomic E-state index is 0.125. The number of hydrogen-bond acceptors (Lipinski definition) is 1. The Kier molecular flexibility index (Phi) is 1.03. The van der Waals surface area contributed by atoms with E-state index < -0.39 is 0 Å². The first kappa shape index (κ1) is 5.60. The van der Waals surface area contributed by atoms with E-state index in [4.69, 9.17) is 0 Å². The van der Waals surface area contributed by atoms with Gasteiger partial charge in [-0.1, -0.05) is 0 Å². The van der Waals surface area contributed by atoms with E-state index in [1.165, 1.54) is 0 Å². The van der Waals surface area contributed by atoms with Gasteiger partial charge in [-0.3, -0.25) is 0 Å². The maximum atomic E-state index is 10.8. The molecule has 0 saturated carbocycles. The van der Waals surface area contributed by atoms with Gasteiger partial charge in [0.25, 0.3) is 0 Å². The summed E-state index contributed by atoms with van der Waals surface area (Å²) in [5.74, 6) is 0. The third-order valence-electron chi connectivity index (χ3n) is 1.65. The molecule has 0 N–H and O–H groups in total. The van der Waals surface area contributed by atoms with Crippen molar-refractivity contribution in [3.8, 4) is 0 Å². The molecule has 0 amide bonds. The summed E-state index contributed by atoms with van der Waals surface area (Å²) < 4.78 is 1.05. The van der Waals surface area contributed by atoms with Gasteiger partial charge in [0, 0.05) is 26.7 Å². The molecule has 0 unspecified atom stereocenters. The van der Waals surface area contributed by atoms with Crippen molar-refractivity contribution in [3.63, 3.8) is 0 Å². The maximum absolute atomic E-state index is 10.8. The molecule has 8 heavy (non-hydrogen) atoms. The van der Waals surface area contributed by atoms with Crippen LogP contribution in [0.2, 0.25) is 0 Å². The molecular weight excluding hydrogens is 104 g/mol. The van der Waals surface area contributed by atoms with Crippen LogP contribution in [0.25, 0.3) is 0 Å². The number of hydroxylamine groups is 1. The van der Waals surface area contributed by atoms with Crippen LogP contribution in [0, 0.1) is 5.21 Å². The largest absolute Gasteiger partial charge is 0.624 e. The first-order valence-corrected chi connectivity index (χ1v) is 2.93. The van der Waals surface area contributed by atoms with E-state index in [-0.39, 0.29) is 5.54 Å². The van der Waals surface area contributed by atoms with Crippen LogP contribution < -0.4 is 0 Å². The van der Waals surface area contributed by atoms with Gasteiger partial charge in [-0.05, 0) is 0 Å². The van der Waals surface area contributed by atoms with Crippen molar-refractivity contribution in [2.45, 2.75) is 32.2 Å². The van der Waals surface area contributed by atoms with E-state index in [2.05, 4.69) is 0 Å². The van der Waals surface area contributed by atoms with Gasteiger partial charge in [0.15, 0.2) is 11.8 Å². The van der Waals surface area contributed by atoms with Gasteiger partial charge in [0.05, 0.1) is 0 Å². The highest BCUT2D eigenvalue weighted by atomic mass is 16.5. The van der Waals surface area contributed by atoms with Crippen LogP contribution >= 0.6 is 0 Å². The highest BCUT2D eigenvalue weighted by Crippen LogP contribution is 2.19. The van der Waals surface area contributed by atoms with Gasteiger partial charge >= 0.3 is 0 Å². The van der Waals surface area contributed by atoms with E-state index in [1.807, 2.05) is 13.8 Å². The Morgan fingerprint density at radius 3 is 2.38 bits per heavy atom. The summed E-state index contributed by atoms with van der Waals surface area (Å²) in [5.41, 5.74) is -0.125. The Morgan fingerprint density at radius 2 is 2.25 bits per heavy atom. The average Bonchev–Trinajstić information content (AvgIpc) is 1.86. The van der Waals surface area contributed by atoms with Gasteiger partial charge in [0.2, 0.25) is 0 Å². The fourth-order valence-corrected chi connectivity index (χ4v) is 0.892. The van der Waals surface area contributed by atoms with E-state index in [0.717, 1.165) is 17.6 Å². The van der Waals surface area contributed by atoms with Crippen molar-refractivity contribution in [1.82, 2.24) is 0 Å². The molecule has 0 fully saturated rings. The third-order valence-corrected chi connectivity index (χ3v) is 1.65. The Bertz CT molecular complexity index is 126. The van der Waals surface area contributed by atoms with Crippen LogP contribution in [-0.4, -0.2) is 16.5 Å². The summed E-state index contributed by atoms with van der Waals surface area (Å²) in [6.07, 6.45) is 3.65. The predicted molar refractivity (Wildman–Crippen MR) is 33.0 cm³/mol. The van der Waals surface area contributed by atoms with Crippen LogP contribution in [0.1, 0.15) is 26.7 Å². The normalized spacial score (nSPS) is 25.5. The molecular formula is C6H11NO. The molecule has 0 saturated heterocycles. The third kappa shape index (κ3) is 0.703. The van der Waals surface area contributed by atoms with Crippen molar-refractivity contribution in [2.75, 3.05) is 0 Å². The molecule has 0 aliphatic carbocycles. The lowest BCUT2D eigenvalue weighted by Gasteiger charge is -2.16. The van der Waals surface area contributed by atoms with E-state index in [9.17, 15) is 5.21 Å². The Hall–Kier alpha value is -0.530. The maximum Gasteiger partial charge on any atom is 0.167 e. The van der Waals surface area contributed by atoms with Crippen LogP contribution in [0.4, 0.5) is 0 Å². The van der Waals surface area contributed by atoms with Gasteiger partial charge in [0.1, 0.15) is 0 Å². The molecule has 0 aromatic rings. The highest BCUT2D eigenvalue weighted by molar-refractivity contribution is 5.53. The molecule has 2 nitrogen and oxygen atoms in total. The monoisotopic (exact) mass is 115 g/mol. The lowest BCUT2D eigenvalue weighted by molar-refractivity contribution is -0.527. The fraction of sp³-hybridized carbons (Fsp3) is 0.833. The van der Waals surface area contributed by atoms with E-state index >= 15 is 0 Å². The molecule has 0 bridgehead atoms. The molecule has 0 spiro atoms. The Balaban J connectivity index is 2.73. The molecule has 1 aliphatic rings. The van der Waals surface area contributed by atoms with Gasteiger partial charge in [-0.15, -0.1) is 0 Å². The van der Waals surface area contributed by atoms with Crippen molar-refractivity contribution in [3.05, 3.63) is 5.21 Å². The van der Waals surface area contributed by atoms with Gasteiger partial charge < -0.3 is 5.21 Å². The van der Waals surface area contributed by atoms with Crippen molar-refractivity contribution >= 4 is 6.21 Å². The zero-order valence-electron chi connectivity index (χ0n) is 5.35. The number of hydrogen-bond donors (Lipinski definition) is 0. The SMILES string of the molecule is CC1(C)CC[14CH]=[N+]1[O-]. The molecule has 46 valence electrons. The summed E-state index contributed by atoms with van der Waals surface area (Å²) in [4.78, 5) is 0. The second-order valence-electron chi connectivity index (χ2n) is 2.86. The van der Waals surface area contributed by atoms with Crippen molar-refractivity contribution in [1.29, 1.82) is 0 Å². The van der Waals surface area contributed by atoms with Gasteiger partial charge in [-0.25, -0.2) is 4.74 Å². The summed E-state index contributed by atoms with van der Waals surface area (Å²) >= 11 is 0. The molecule has 1 heterocycles. The first-order chi connectivity index (χ1) is 3.63. The minimum Gasteiger partial charge on any atom is -0.624 e. The summed E-state index contributed by atoms with van der Waals surface area (Å²) in [5, 5.41) is 10.8. The summed E-state index contributed by atoms with van der Waals surface area (Å²) in [6.45, 7) is 3.92. The number of nitrogens with zero attached hydrogens (tertiary/aromatic N) is 1. The second-order valence-corrected chi connectivity index (χ2v) is 2.86. The second kappa shape index (κ2) is 1.47. The summed E-state index contributed by atoms with van der Waals surface area (Å²) in [7, 11) is 0. The van der Waals surface area contributed by atoms with E-state index in [1.54, 1.807) is 6.21 Å². The molecule has 0 radical (unpaired) electrons. The van der Waals surface area contributed by atoms with Crippen LogP contribution in [-0.2, 0) is 0 Å². The topological polar surface area (TPSA) is 26.1 Å². The predicted octanol–water partition coefficient (Wildman–Crippen LogP) is 1.14. The molecule has 0 aromatic heterocycles. The van der Waals surface area contributed by atoms with Gasteiger partial charge in [-0.2, -0.15) is 0 Å². The molecule has 1 rings (SSSR count). The molecule has 2 heteroatoms. The zero-order chi connectivity index (χ0) is 6.20. The fourth-order valence-electron chi connectivity index (χ4n) is 0.892. The van der Waals surface area contributed by atoms with Crippen LogP contribution in [0.3, 0.4) is 0 Å². The molecule has 0 atom stereocenters. The average molecular weight is 115 g/mol. The quantitative estimate of drug-likeness (QED) is 0.343. The molecule has 1 aliphatic heterocycles. The Morgan fingerprint density at radius 1 is 1.62 bits per heavy atom. The zero-order valence-corrected chi connectivity index (χ0v) is 5.35. The lowest BCUT2D eigenvalue weighted by atomic mass is 10.0. The minimum atomic E-state index is -0.125.